The van der Waals surface area contributed by atoms with Gasteiger partial charge in [0, 0.05) is 18.9 Å². The van der Waals surface area contributed by atoms with Gasteiger partial charge in [0.15, 0.2) is 0 Å². The number of rotatable bonds is 11. The third-order valence-electron chi connectivity index (χ3n) is 6.07. The Labute approximate surface area is 201 Å². The molecule has 0 aliphatic carbocycles. The number of aliphatic carboxylic acids is 1. The van der Waals surface area contributed by atoms with Gasteiger partial charge < -0.3 is 25.8 Å². The van der Waals surface area contributed by atoms with E-state index in [9.17, 15) is 24.3 Å². The van der Waals surface area contributed by atoms with Crippen molar-refractivity contribution in [3.05, 3.63) is 35.9 Å². The predicted molar refractivity (Wildman–Crippen MR) is 127 cm³/mol. The molecule has 0 spiro atoms. The molecule has 0 aromatic heterocycles. The second-order valence-corrected chi connectivity index (χ2v) is 9.49. The van der Waals surface area contributed by atoms with Crippen LogP contribution in [0.15, 0.2) is 30.3 Å². The van der Waals surface area contributed by atoms with E-state index >= 15 is 0 Å². The van der Waals surface area contributed by atoms with Gasteiger partial charge in [0.2, 0.25) is 11.8 Å². The summed E-state index contributed by atoms with van der Waals surface area (Å²) in [5.41, 5.74) is 6.88. The van der Waals surface area contributed by atoms with E-state index in [1.165, 1.54) is 0 Å². The van der Waals surface area contributed by atoms with Gasteiger partial charge in [-0.2, -0.15) is 0 Å². The second kappa shape index (κ2) is 12.5. The van der Waals surface area contributed by atoms with E-state index in [0.29, 0.717) is 19.4 Å². The molecule has 4 N–H and O–H groups in total. The average Bonchev–Trinajstić information content (AvgIpc) is 3.27. The van der Waals surface area contributed by atoms with Crippen molar-refractivity contribution < 1.29 is 29.0 Å². The van der Waals surface area contributed by atoms with E-state index in [2.05, 4.69) is 5.32 Å². The molecule has 4 unspecified atom stereocenters. The maximum absolute atomic E-state index is 13.2. The molecule has 34 heavy (non-hydrogen) atoms. The van der Waals surface area contributed by atoms with E-state index in [1.807, 2.05) is 44.2 Å². The van der Waals surface area contributed by atoms with Crippen LogP contribution in [0.3, 0.4) is 0 Å². The minimum absolute atomic E-state index is 0.0873. The Morgan fingerprint density at radius 1 is 1.15 bits per heavy atom. The van der Waals surface area contributed by atoms with Gasteiger partial charge in [0.25, 0.3) is 0 Å². The Morgan fingerprint density at radius 2 is 1.79 bits per heavy atom. The molecule has 1 aromatic carbocycles. The van der Waals surface area contributed by atoms with Gasteiger partial charge in [-0.05, 0) is 24.3 Å². The fraction of sp³-hybridized carbons (Fsp3) is 0.600. The minimum Gasteiger partial charge on any atom is -0.481 e. The summed E-state index contributed by atoms with van der Waals surface area (Å²) < 4.78 is 5.71. The zero-order valence-electron chi connectivity index (χ0n) is 20.4. The molecular formula is C25H37N3O6. The van der Waals surface area contributed by atoms with Crippen molar-refractivity contribution in [2.75, 3.05) is 6.54 Å². The summed E-state index contributed by atoms with van der Waals surface area (Å²) in [4.78, 5) is 51.7. The Balaban J connectivity index is 2.25. The van der Waals surface area contributed by atoms with E-state index in [1.54, 1.807) is 18.7 Å². The fourth-order valence-electron chi connectivity index (χ4n) is 3.97. The van der Waals surface area contributed by atoms with Crippen LogP contribution in [-0.4, -0.2) is 64.5 Å². The Bertz CT molecular complexity index is 857. The number of nitrogens with zero attached hydrogens (tertiary/aromatic N) is 1. The van der Waals surface area contributed by atoms with Gasteiger partial charge in [0.05, 0.1) is 18.5 Å². The topological polar surface area (TPSA) is 139 Å². The Hall–Kier alpha value is -2.94. The number of nitrogens with one attached hydrogen (secondary N) is 1. The summed E-state index contributed by atoms with van der Waals surface area (Å²) in [5, 5.41) is 12.2. The van der Waals surface area contributed by atoms with Crippen LogP contribution in [0.2, 0.25) is 0 Å². The number of benzene rings is 1. The van der Waals surface area contributed by atoms with Crippen molar-refractivity contribution in [1.82, 2.24) is 10.2 Å². The molecule has 1 fully saturated rings. The number of carbonyl (C=O) groups is 4. The van der Waals surface area contributed by atoms with Crippen LogP contribution in [0, 0.1) is 11.8 Å². The Morgan fingerprint density at radius 3 is 2.35 bits per heavy atom. The smallest absolute Gasteiger partial charge is 0.329 e. The molecule has 9 heteroatoms. The summed E-state index contributed by atoms with van der Waals surface area (Å²) in [6, 6.07) is 6.87. The third kappa shape index (κ3) is 7.55. The number of carboxylic acids is 1. The van der Waals surface area contributed by atoms with Crippen LogP contribution in [-0.2, 0) is 30.3 Å². The summed E-state index contributed by atoms with van der Waals surface area (Å²) in [5.74, 6) is -2.89. The van der Waals surface area contributed by atoms with Crippen LogP contribution in [0.5, 0.6) is 0 Å². The van der Waals surface area contributed by atoms with Crippen LogP contribution < -0.4 is 11.1 Å². The lowest BCUT2D eigenvalue weighted by Crippen LogP contribution is -2.53. The highest BCUT2D eigenvalue weighted by atomic mass is 16.5. The molecule has 1 heterocycles. The van der Waals surface area contributed by atoms with Crippen LogP contribution in [0.4, 0.5) is 0 Å². The molecule has 1 saturated heterocycles. The monoisotopic (exact) mass is 475 g/mol. The SMILES string of the molecule is CC(C)C(=O)NC(Cc1ccccc1)C(=O)OC(CC(=O)O)C1CCCN1C(=O)C(N)C(C)C. The highest BCUT2D eigenvalue weighted by Crippen LogP contribution is 2.26. The molecule has 188 valence electrons. The molecule has 1 aromatic rings. The molecule has 2 rings (SSSR count). The highest BCUT2D eigenvalue weighted by Gasteiger charge is 2.41. The van der Waals surface area contributed by atoms with Gasteiger partial charge in [-0.15, -0.1) is 0 Å². The normalized spacial score (nSPS) is 18.4. The zero-order chi connectivity index (χ0) is 25.4. The number of ether oxygens (including phenoxy) is 1. The summed E-state index contributed by atoms with van der Waals surface area (Å²) >= 11 is 0. The van der Waals surface area contributed by atoms with Crippen molar-refractivity contribution in [1.29, 1.82) is 0 Å². The van der Waals surface area contributed by atoms with Gasteiger partial charge in [-0.1, -0.05) is 58.0 Å². The van der Waals surface area contributed by atoms with Crippen molar-refractivity contribution in [3.8, 4) is 0 Å². The van der Waals surface area contributed by atoms with E-state index in [0.717, 1.165) is 5.56 Å². The molecule has 1 aliphatic rings. The summed E-state index contributed by atoms with van der Waals surface area (Å²) in [7, 11) is 0. The van der Waals surface area contributed by atoms with E-state index in [4.69, 9.17) is 10.5 Å². The van der Waals surface area contributed by atoms with Crippen LogP contribution in [0.1, 0.15) is 52.5 Å². The lowest BCUT2D eigenvalue weighted by Gasteiger charge is -2.33. The maximum atomic E-state index is 13.2. The molecule has 9 nitrogen and oxygen atoms in total. The van der Waals surface area contributed by atoms with Crippen LogP contribution >= 0.6 is 0 Å². The molecule has 2 amide bonds. The number of carboxylic acid groups (broad SMARTS) is 1. The molecule has 0 saturated carbocycles. The van der Waals surface area contributed by atoms with E-state index in [-0.39, 0.29) is 30.1 Å². The van der Waals surface area contributed by atoms with Gasteiger partial charge in [0.1, 0.15) is 12.1 Å². The summed E-state index contributed by atoms with van der Waals surface area (Å²) in [6.07, 6.45) is -0.142. The van der Waals surface area contributed by atoms with Gasteiger partial charge >= 0.3 is 11.9 Å². The Kier molecular flexibility index (Phi) is 10.0. The van der Waals surface area contributed by atoms with Gasteiger partial charge in [-0.3, -0.25) is 14.4 Å². The molecule has 4 atom stereocenters. The number of nitrogens with two attached hydrogens (primary N) is 1. The number of likely N-dealkylation sites (tertiary alicyclic amines) is 1. The quantitative estimate of drug-likeness (QED) is 0.414. The lowest BCUT2D eigenvalue weighted by molar-refractivity contribution is -0.162. The third-order valence-corrected chi connectivity index (χ3v) is 6.07. The number of hydrogen-bond acceptors (Lipinski definition) is 6. The van der Waals surface area contributed by atoms with Crippen molar-refractivity contribution >= 4 is 23.8 Å². The van der Waals surface area contributed by atoms with Crippen molar-refractivity contribution in [2.24, 2.45) is 17.6 Å². The fourth-order valence-corrected chi connectivity index (χ4v) is 3.97. The first kappa shape index (κ1) is 27.3. The maximum Gasteiger partial charge on any atom is 0.329 e. The number of amides is 2. The molecule has 0 bridgehead atoms. The standard InChI is InChI=1S/C25H37N3O6/c1-15(2)22(26)24(32)28-12-8-11-19(28)20(14-21(29)30)34-25(33)18(27-23(31)16(3)4)13-17-9-6-5-7-10-17/h5-7,9-10,15-16,18-20,22H,8,11-14,26H2,1-4H3,(H,27,31)(H,29,30). The first-order valence-electron chi connectivity index (χ1n) is 11.8. The zero-order valence-corrected chi connectivity index (χ0v) is 20.4. The number of esters is 1. The lowest BCUT2D eigenvalue weighted by atomic mass is 10.0. The van der Waals surface area contributed by atoms with Crippen molar-refractivity contribution in [3.63, 3.8) is 0 Å². The predicted octanol–water partition coefficient (Wildman–Crippen LogP) is 1.73. The highest BCUT2D eigenvalue weighted by molar-refractivity contribution is 5.86. The van der Waals surface area contributed by atoms with Crippen molar-refractivity contribution in [2.45, 2.75) is 77.6 Å². The summed E-state index contributed by atoms with van der Waals surface area (Å²) in [6.45, 7) is 7.54. The first-order chi connectivity index (χ1) is 16.0. The first-order valence-corrected chi connectivity index (χ1v) is 11.8. The molecular weight excluding hydrogens is 438 g/mol. The largest absolute Gasteiger partial charge is 0.481 e. The van der Waals surface area contributed by atoms with Gasteiger partial charge in [-0.25, -0.2) is 4.79 Å². The molecule has 0 radical (unpaired) electrons. The van der Waals surface area contributed by atoms with E-state index < -0.39 is 42.6 Å². The second-order valence-electron chi connectivity index (χ2n) is 9.49. The number of carbonyl (C=O) groups excluding carboxylic acids is 3. The average molecular weight is 476 g/mol. The number of hydrogen-bond donors (Lipinski definition) is 3. The van der Waals surface area contributed by atoms with Crippen LogP contribution in [0.25, 0.3) is 0 Å². The molecule has 1 aliphatic heterocycles. The minimum atomic E-state index is -1.14.